The summed E-state index contributed by atoms with van der Waals surface area (Å²) in [6.07, 6.45) is 0. The van der Waals surface area contributed by atoms with Gasteiger partial charge in [0.1, 0.15) is 0 Å². The summed E-state index contributed by atoms with van der Waals surface area (Å²) in [6, 6.07) is 11.8. The Balaban J connectivity index is 2.23. The molecule has 1 aliphatic heterocycles. The second kappa shape index (κ2) is 3.17. The molecule has 0 saturated heterocycles. The van der Waals surface area contributed by atoms with Crippen LogP contribution in [0, 0.1) is 0 Å². The maximum Gasteiger partial charge on any atom is 0.296 e. The molecule has 1 aliphatic rings. The van der Waals surface area contributed by atoms with Crippen LogP contribution in [0.25, 0.3) is 20.2 Å². The number of hydrogen-bond acceptors (Lipinski definition) is 3. The van der Waals surface area contributed by atoms with Crippen molar-refractivity contribution in [3.8, 4) is 0 Å². The first-order valence-electron chi connectivity index (χ1n) is 5.55. The van der Waals surface area contributed by atoms with E-state index in [0.717, 1.165) is 20.2 Å². The second-order valence-corrected chi connectivity index (χ2v) is 5.30. The Bertz CT molecular complexity index is 847. The highest BCUT2D eigenvalue weighted by atomic mass is 32.1. The summed E-state index contributed by atoms with van der Waals surface area (Å²) in [5.41, 5.74) is 1.16. The number of rotatable bonds is 0. The molecule has 0 aliphatic carbocycles. The van der Waals surface area contributed by atoms with E-state index in [2.05, 4.69) is 5.32 Å². The molecular formula is C14H7NO2S. The first-order chi connectivity index (χ1) is 8.75. The van der Waals surface area contributed by atoms with Gasteiger partial charge in [0, 0.05) is 20.2 Å². The Morgan fingerprint density at radius 1 is 0.944 bits per heavy atom. The molecule has 0 radical (unpaired) electrons. The SMILES string of the molecule is O=C1Nc2ccc3c(sc4ccccc43)c2C1=O. The van der Waals surface area contributed by atoms with Gasteiger partial charge in [-0.05, 0) is 12.1 Å². The lowest BCUT2D eigenvalue weighted by Crippen LogP contribution is -2.12. The van der Waals surface area contributed by atoms with Crippen molar-refractivity contribution >= 4 is 48.9 Å². The number of ketones is 1. The van der Waals surface area contributed by atoms with Crippen LogP contribution in [-0.2, 0) is 4.79 Å². The molecule has 1 aromatic heterocycles. The third-order valence-corrected chi connectivity index (χ3v) is 4.43. The van der Waals surface area contributed by atoms with Crippen molar-refractivity contribution in [2.75, 3.05) is 5.32 Å². The van der Waals surface area contributed by atoms with Crippen molar-refractivity contribution in [2.45, 2.75) is 0 Å². The third kappa shape index (κ3) is 1.08. The summed E-state index contributed by atoms with van der Waals surface area (Å²) in [4.78, 5) is 23.3. The van der Waals surface area contributed by atoms with Gasteiger partial charge in [-0.2, -0.15) is 0 Å². The van der Waals surface area contributed by atoms with E-state index in [4.69, 9.17) is 0 Å². The molecule has 1 amide bonds. The van der Waals surface area contributed by atoms with Crippen LogP contribution in [-0.4, -0.2) is 11.7 Å². The predicted octanol–water partition coefficient (Wildman–Crippen LogP) is 3.19. The van der Waals surface area contributed by atoms with Crippen LogP contribution in [0.5, 0.6) is 0 Å². The fraction of sp³-hybridized carbons (Fsp3) is 0. The van der Waals surface area contributed by atoms with Gasteiger partial charge < -0.3 is 5.32 Å². The van der Waals surface area contributed by atoms with E-state index in [9.17, 15) is 9.59 Å². The first kappa shape index (κ1) is 9.79. The minimum absolute atomic E-state index is 0.429. The summed E-state index contributed by atoms with van der Waals surface area (Å²) in [7, 11) is 0. The molecule has 86 valence electrons. The maximum atomic E-state index is 11.9. The zero-order valence-corrected chi connectivity index (χ0v) is 10.0. The molecule has 0 bridgehead atoms. The van der Waals surface area contributed by atoms with Crippen molar-refractivity contribution < 1.29 is 9.59 Å². The number of benzene rings is 2. The number of fused-ring (bicyclic) bond motifs is 5. The Labute approximate surface area is 106 Å². The molecule has 2 aromatic carbocycles. The van der Waals surface area contributed by atoms with Gasteiger partial charge in [0.2, 0.25) is 0 Å². The molecule has 0 unspecified atom stereocenters. The molecule has 2 heterocycles. The van der Waals surface area contributed by atoms with Crippen LogP contribution in [0.2, 0.25) is 0 Å². The molecule has 0 fully saturated rings. The molecule has 3 aromatic rings. The number of Topliss-reactive ketones (excluding diaryl/α,β-unsaturated/α-hetero) is 1. The van der Waals surface area contributed by atoms with Gasteiger partial charge in [0.15, 0.2) is 0 Å². The predicted molar refractivity (Wildman–Crippen MR) is 72.3 cm³/mol. The van der Waals surface area contributed by atoms with Crippen LogP contribution in [0.4, 0.5) is 5.69 Å². The average molecular weight is 253 g/mol. The van der Waals surface area contributed by atoms with Crippen molar-refractivity contribution in [1.29, 1.82) is 0 Å². The Morgan fingerprint density at radius 3 is 2.67 bits per heavy atom. The zero-order valence-electron chi connectivity index (χ0n) is 9.19. The van der Waals surface area contributed by atoms with E-state index in [1.807, 2.05) is 30.3 Å². The minimum Gasteiger partial charge on any atom is -0.318 e. The largest absolute Gasteiger partial charge is 0.318 e. The van der Waals surface area contributed by atoms with E-state index >= 15 is 0 Å². The number of carbonyl (C=O) groups is 2. The minimum atomic E-state index is -0.532. The third-order valence-electron chi connectivity index (χ3n) is 3.23. The normalized spacial score (nSPS) is 14.2. The van der Waals surface area contributed by atoms with Crippen molar-refractivity contribution in [3.05, 3.63) is 42.0 Å². The highest BCUT2D eigenvalue weighted by Crippen LogP contribution is 2.40. The van der Waals surface area contributed by atoms with Gasteiger partial charge >= 0.3 is 0 Å². The standard InChI is InChI=1S/C14H7NO2S/c16-12-11-9(15-14(12)17)6-5-8-7-3-1-2-4-10(7)18-13(8)11/h1-6H,(H,15,16,17). The van der Waals surface area contributed by atoms with Crippen molar-refractivity contribution in [1.82, 2.24) is 0 Å². The fourth-order valence-electron chi connectivity index (χ4n) is 2.41. The van der Waals surface area contributed by atoms with E-state index in [1.54, 1.807) is 17.4 Å². The molecule has 0 atom stereocenters. The lowest BCUT2D eigenvalue weighted by molar-refractivity contribution is -0.112. The van der Waals surface area contributed by atoms with E-state index < -0.39 is 11.7 Å². The van der Waals surface area contributed by atoms with Gasteiger partial charge in [0.05, 0.1) is 11.3 Å². The smallest absolute Gasteiger partial charge is 0.296 e. The topological polar surface area (TPSA) is 46.2 Å². The second-order valence-electron chi connectivity index (χ2n) is 4.25. The monoisotopic (exact) mass is 253 g/mol. The summed E-state index contributed by atoms with van der Waals surface area (Å²) < 4.78 is 2.03. The fourth-order valence-corrected chi connectivity index (χ4v) is 3.66. The number of thiophene rings is 1. The highest BCUT2D eigenvalue weighted by Gasteiger charge is 2.30. The molecule has 0 spiro atoms. The van der Waals surface area contributed by atoms with E-state index in [0.29, 0.717) is 11.3 Å². The van der Waals surface area contributed by atoms with E-state index in [-0.39, 0.29) is 0 Å². The van der Waals surface area contributed by atoms with Crippen LogP contribution < -0.4 is 5.32 Å². The van der Waals surface area contributed by atoms with E-state index in [1.165, 1.54) is 0 Å². The number of anilines is 1. The Hall–Kier alpha value is -2.20. The molecule has 3 nitrogen and oxygen atoms in total. The molecule has 4 heteroatoms. The molecule has 18 heavy (non-hydrogen) atoms. The number of nitrogens with one attached hydrogen (secondary N) is 1. The Morgan fingerprint density at radius 2 is 1.78 bits per heavy atom. The van der Waals surface area contributed by atoms with Crippen molar-refractivity contribution in [2.24, 2.45) is 0 Å². The van der Waals surface area contributed by atoms with Crippen LogP contribution in [0.3, 0.4) is 0 Å². The zero-order chi connectivity index (χ0) is 12.3. The molecular weight excluding hydrogens is 246 g/mol. The van der Waals surface area contributed by atoms with Gasteiger partial charge in [-0.1, -0.05) is 24.3 Å². The molecule has 0 saturated carbocycles. The summed E-state index contributed by atoms with van der Waals surface area (Å²) in [5.74, 6) is -0.961. The quantitative estimate of drug-likeness (QED) is 0.625. The summed E-state index contributed by atoms with van der Waals surface area (Å²) in [6.45, 7) is 0. The highest BCUT2D eigenvalue weighted by molar-refractivity contribution is 7.26. The van der Waals surface area contributed by atoms with Crippen LogP contribution >= 0.6 is 11.3 Å². The lowest BCUT2D eigenvalue weighted by atomic mass is 10.1. The Kier molecular flexibility index (Phi) is 1.73. The van der Waals surface area contributed by atoms with Crippen molar-refractivity contribution in [3.63, 3.8) is 0 Å². The summed E-state index contributed by atoms with van der Waals surface area (Å²) in [5, 5.41) is 4.77. The number of hydrogen-bond donors (Lipinski definition) is 1. The van der Waals surface area contributed by atoms with Crippen LogP contribution in [0.1, 0.15) is 10.4 Å². The van der Waals surface area contributed by atoms with Gasteiger partial charge in [-0.15, -0.1) is 11.3 Å². The first-order valence-corrected chi connectivity index (χ1v) is 6.37. The van der Waals surface area contributed by atoms with Gasteiger partial charge in [-0.3, -0.25) is 9.59 Å². The molecule has 1 N–H and O–H groups in total. The molecule has 4 rings (SSSR count). The average Bonchev–Trinajstić information content (AvgIpc) is 2.88. The maximum absolute atomic E-state index is 11.9. The lowest BCUT2D eigenvalue weighted by Gasteiger charge is -1.97. The number of amides is 1. The summed E-state index contributed by atoms with van der Waals surface area (Å²) >= 11 is 1.56. The van der Waals surface area contributed by atoms with Crippen LogP contribution in [0.15, 0.2) is 36.4 Å². The van der Waals surface area contributed by atoms with Gasteiger partial charge in [0.25, 0.3) is 11.7 Å². The van der Waals surface area contributed by atoms with Gasteiger partial charge in [-0.25, -0.2) is 0 Å². The number of carbonyl (C=O) groups excluding carboxylic acids is 2.